The number of halogens is 1. The molecule has 0 spiro atoms. The summed E-state index contributed by atoms with van der Waals surface area (Å²) in [6.45, 7) is -0.292. The Morgan fingerprint density at radius 1 is 1.67 bits per heavy atom. The zero-order valence-electron chi connectivity index (χ0n) is 7.95. The van der Waals surface area contributed by atoms with E-state index in [0.717, 1.165) is 0 Å². The summed E-state index contributed by atoms with van der Waals surface area (Å²) in [5.41, 5.74) is 1.03. The predicted octanol–water partition coefficient (Wildman–Crippen LogP) is 1.60. The second-order valence-corrected chi connectivity index (χ2v) is 3.61. The summed E-state index contributed by atoms with van der Waals surface area (Å²) in [6, 6.07) is 4.85. The molecule has 1 rings (SSSR count). The summed E-state index contributed by atoms with van der Waals surface area (Å²) >= 11 is 3.16. The van der Waals surface area contributed by atoms with Crippen molar-refractivity contribution in [2.75, 3.05) is 7.11 Å². The summed E-state index contributed by atoms with van der Waals surface area (Å²) in [5.74, 6) is -0.513. The standard InChI is InChI=1S/C10H8BrNO3/c1-15-10(14)8-2-7(5-13)6(4-12)3-9(8)11/h2-3,13H,5H2,1H3. The number of hydrogen-bond donors (Lipinski definition) is 1. The predicted molar refractivity (Wildman–Crippen MR) is 56.1 cm³/mol. The lowest BCUT2D eigenvalue weighted by atomic mass is 10.1. The van der Waals surface area contributed by atoms with Crippen LogP contribution in [0.5, 0.6) is 0 Å². The summed E-state index contributed by atoms with van der Waals surface area (Å²) in [6.07, 6.45) is 0. The van der Waals surface area contributed by atoms with Crippen LogP contribution in [0, 0.1) is 11.3 Å². The maximum atomic E-state index is 11.3. The van der Waals surface area contributed by atoms with E-state index in [-0.39, 0.29) is 6.61 Å². The van der Waals surface area contributed by atoms with Crippen LogP contribution in [-0.2, 0) is 11.3 Å². The lowest BCUT2D eigenvalue weighted by molar-refractivity contribution is 0.0599. The molecule has 0 aliphatic rings. The molecule has 0 bridgehead atoms. The molecule has 15 heavy (non-hydrogen) atoms. The average molecular weight is 270 g/mol. The molecule has 4 nitrogen and oxygen atoms in total. The van der Waals surface area contributed by atoms with Gasteiger partial charge in [-0.25, -0.2) is 4.79 Å². The van der Waals surface area contributed by atoms with Crippen LogP contribution in [0.2, 0.25) is 0 Å². The molecule has 0 unspecified atom stereocenters. The van der Waals surface area contributed by atoms with Crippen LogP contribution in [-0.4, -0.2) is 18.2 Å². The highest BCUT2D eigenvalue weighted by Gasteiger charge is 2.14. The van der Waals surface area contributed by atoms with E-state index in [1.807, 2.05) is 6.07 Å². The molecule has 0 aliphatic carbocycles. The molecule has 78 valence electrons. The normalized spacial score (nSPS) is 9.47. The van der Waals surface area contributed by atoms with Crippen molar-refractivity contribution in [3.8, 4) is 6.07 Å². The maximum absolute atomic E-state index is 11.3. The molecule has 0 fully saturated rings. The molecule has 0 saturated carbocycles. The number of nitriles is 1. The quantitative estimate of drug-likeness (QED) is 0.828. The van der Waals surface area contributed by atoms with Gasteiger partial charge < -0.3 is 9.84 Å². The molecule has 0 radical (unpaired) electrons. The van der Waals surface area contributed by atoms with Gasteiger partial charge in [0, 0.05) is 4.47 Å². The molecular weight excluding hydrogens is 262 g/mol. The highest BCUT2D eigenvalue weighted by atomic mass is 79.9. The van der Waals surface area contributed by atoms with Gasteiger partial charge in [0.25, 0.3) is 0 Å². The van der Waals surface area contributed by atoms with Crippen LogP contribution >= 0.6 is 15.9 Å². The number of methoxy groups -OCH3 is 1. The summed E-state index contributed by atoms with van der Waals surface area (Å²) in [4.78, 5) is 11.3. The van der Waals surface area contributed by atoms with Crippen LogP contribution in [0.15, 0.2) is 16.6 Å². The van der Waals surface area contributed by atoms with Crippen LogP contribution in [0.4, 0.5) is 0 Å². The van der Waals surface area contributed by atoms with Crippen molar-refractivity contribution in [1.29, 1.82) is 5.26 Å². The first-order chi connectivity index (χ1) is 7.13. The third-order valence-electron chi connectivity index (χ3n) is 1.89. The van der Waals surface area contributed by atoms with Gasteiger partial charge in [-0.1, -0.05) is 0 Å². The monoisotopic (exact) mass is 269 g/mol. The van der Waals surface area contributed by atoms with Gasteiger partial charge >= 0.3 is 5.97 Å². The second kappa shape index (κ2) is 4.91. The number of carbonyl (C=O) groups excluding carboxylic acids is 1. The van der Waals surface area contributed by atoms with Crippen molar-refractivity contribution in [1.82, 2.24) is 0 Å². The first-order valence-corrected chi connectivity index (χ1v) is 4.85. The Labute approximate surface area is 95.2 Å². The Morgan fingerprint density at radius 3 is 2.80 bits per heavy atom. The van der Waals surface area contributed by atoms with E-state index in [2.05, 4.69) is 20.7 Å². The van der Waals surface area contributed by atoms with Gasteiger partial charge in [-0.05, 0) is 33.6 Å². The Bertz CT molecular complexity index is 437. The molecule has 0 heterocycles. The molecule has 0 amide bonds. The number of ether oxygens (including phenoxy) is 1. The molecule has 1 aromatic carbocycles. The number of aliphatic hydroxyl groups excluding tert-OH is 1. The summed E-state index contributed by atoms with van der Waals surface area (Å²) < 4.78 is 5.03. The zero-order valence-corrected chi connectivity index (χ0v) is 9.54. The molecule has 5 heteroatoms. The molecule has 1 N–H and O–H groups in total. The fourth-order valence-electron chi connectivity index (χ4n) is 1.12. The fourth-order valence-corrected chi connectivity index (χ4v) is 1.62. The minimum absolute atomic E-state index is 0.292. The first kappa shape index (κ1) is 11.7. The van der Waals surface area contributed by atoms with Gasteiger partial charge in [0.2, 0.25) is 0 Å². The van der Waals surface area contributed by atoms with E-state index in [4.69, 9.17) is 10.4 Å². The van der Waals surface area contributed by atoms with E-state index in [9.17, 15) is 4.79 Å². The first-order valence-electron chi connectivity index (χ1n) is 4.05. The van der Waals surface area contributed by atoms with E-state index >= 15 is 0 Å². The largest absolute Gasteiger partial charge is 0.465 e. The molecule has 0 aliphatic heterocycles. The van der Waals surface area contributed by atoms with Gasteiger partial charge in [0.15, 0.2) is 0 Å². The van der Waals surface area contributed by atoms with Crippen molar-refractivity contribution in [3.05, 3.63) is 33.3 Å². The average Bonchev–Trinajstić information content (AvgIpc) is 2.27. The van der Waals surface area contributed by atoms with Crippen LogP contribution in [0.25, 0.3) is 0 Å². The van der Waals surface area contributed by atoms with Crippen LogP contribution in [0.1, 0.15) is 21.5 Å². The third kappa shape index (κ3) is 2.35. The van der Waals surface area contributed by atoms with E-state index in [1.54, 1.807) is 0 Å². The van der Waals surface area contributed by atoms with Crippen molar-refractivity contribution in [3.63, 3.8) is 0 Å². The minimum Gasteiger partial charge on any atom is -0.465 e. The van der Waals surface area contributed by atoms with Gasteiger partial charge in [0.05, 0.1) is 30.9 Å². The topological polar surface area (TPSA) is 70.3 Å². The summed E-state index contributed by atoms with van der Waals surface area (Å²) in [7, 11) is 1.27. The highest BCUT2D eigenvalue weighted by Crippen LogP contribution is 2.22. The SMILES string of the molecule is COC(=O)c1cc(CO)c(C#N)cc1Br. The van der Waals surface area contributed by atoms with Gasteiger partial charge in [0.1, 0.15) is 0 Å². The summed E-state index contributed by atoms with van der Waals surface area (Å²) in [5, 5.41) is 17.8. The molecule has 0 aromatic heterocycles. The van der Waals surface area contributed by atoms with Gasteiger partial charge in [-0.2, -0.15) is 5.26 Å². The number of nitrogens with zero attached hydrogens (tertiary/aromatic N) is 1. The Morgan fingerprint density at radius 2 is 2.33 bits per heavy atom. The minimum atomic E-state index is -0.513. The zero-order chi connectivity index (χ0) is 11.4. The fraction of sp³-hybridized carbons (Fsp3) is 0.200. The lowest BCUT2D eigenvalue weighted by Gasteiger charge is -2.06. The molecule has 1 aromatic rings. The van der Waals surface area contributed by atoms with Crippen molar-refractivity contribution in [2.45, 2.75) is 6.61 Å². The number of rotatable bonds is 2. The van der Waals surface area contributed by atoms with Crippen molar-refractivity contribution < 1.29 is 14.6 Å². The van der Waals surface area contributed by atoms with E-state index in [1.165, 1.54) is 19.2 Å². The second-order valence-electron chi connectivity index (χ2n) is 2.75. The molecule has 0 saturated heterocycles. The third-order valence-corrected chi connectivity index (χ3v) is 2.55. The van der Waals surface area contributed by atoms with Crippen LogP contribution in [0.3, 0.4) is 0 Å². The highest BCUT2D eigenvalue weighted by molar-refractivity contribution is 9.10. The van der Waals surface area contributed by atoms with Crippen LogP contribution < -0.4 is 0 Å². The lowest BCUT2D eigenvalue weighted by Crippen LogP contribution is -2.04. The maximum Gasteiger partial charge on any atom is 0.339 e. The number of carbonyl (C=O) groups is 1. The number of hydrogen-bond acceptors (Lipinski definition) is 4. The van der Waals surface area contributed by atoms with Gasteiger partial charge in [-0.15, -0.1) is 0 Å². The number of benzene rings is 1. The molecular formula is C10H8BrNO3. The van der Waals surface area contributed by atoms with Gasteiger partial charge in [-0.3, -0.25) is 0 Å². The van der Waals surface area contributed by atoms with Crippen molar-refractivity contribution >= 4 is 21.9 Å². The smallest absolute Gasteiger partial charge is 0.339 e. The Kier molecular flexibility index (Phi) is 3.83. The molecule has 0 atom stereocenters. The Balaban J connectivity index is 3.33. The Hall–Kier alpha value is -1.38. The van der Waals surface area contributed by atoms with E-state index < -0.39 is 5.97 Å². The van der Waals surface area contributed by atoms with Crippen molar-refractivity contribution in [2.24, 2.45) is 0 Å². The number of esters is 1. The van der Waals surface area contributed by atoms with E-state index in [0.29, 0.717) is 21.2 Å². The number of aliphatic hydroxyl groups is 1.